The number of hydrogen-bond acceptors (Lipinski definition) is 12. The fraction of sp³-hybridized carbons (Fsp3) is 0.535. The highest BCUT2D eigenvalue weighted by Crippen LogP contribution is 2.42. The predicted octanol–water partition coefficient (Wildman–Crippen LogP) is 5.72. The van der Waals surface area contributed by atoms with Crippen LogP contribution in [-0.4, -0.2) is 126 Å². The van der Waals surface area contributed by atoms with Gasteiger partial charge in [-0.2, -0.15) is 15.2 Å². The molecule has 4 aliphatic rings. The van der Waals surface area contributed by atoms with Gasteiger partial charge in [-0.25, -0.2) is 18.0 Å². The number of halogens is 3. The number of aryl methyl sites for hydroxylation is 1. The van der Waals surface area contributed by atoms with E-state index in [2.05, 4.69) is 26.3 Å². The van der Waals surface area contributed by atoms with Gasteiger partial charge in [0.15, 0.2) is 5.82 Å². The lowest BCUT2D eigenvalue weighted by molar-refractivity contribution is -0.111. The third-order valence-corrected chi connectivity index (χ3v) is 12.3. The molecule has 0 bridgehead atoms. The summed E-state index contributed by atoms with van der Waals surface area (Å²) < 4.78 is 66.2. The Balaban J connectivity index is 0.00000268. The summed E-state index contributed by atoms with van der Waals surface area (Å²) in [6, 6.07) is 8.04. The minimum Gasteiger partial charge on any atom is -0.461 e. The van der Waals surface area contributed by atoms with Crippen LogP contribution >= 0.6 is 0 Å². The summed E-state index contributed by atoms with van der Waals surface area (Å²) in [5.74, 6) is -1.38. The number of alkyl halides is 1. The number of benzene rings is 2. The second-order valence-electron chi connectivity index (χ2n) is 16.3. The summed E-state index contributed by atoms with van der Waals surface area (Å²) in [5.41, 5.74) is -0.957. The summed E-state index contributed by atoms with van der Waals surface area (Å²) >= 11 is 0. The summed E-state index contributed by atoms with van der Waals surface area (Å²) in [7, 11) is 2.56. The van der Waals surface area contributed by atoms with Gasteiger partial charge in [0.05, 0.1) is 35.0 Å². The number of nitrogens with one attached hydrogen (secondary N) is 1. The first kappa shape index (κ1) is 42.8. The van der Waals surface area contributed by atoms with Gasteiger partial charge in [0, 0.05) is 58.6 Å². The Morgan fingerprint density at radius 3 is 2.63 bits per heavy atom. The summed E-state index contributed by atoms with van der Waals surface area (Å²) in [6.07, 6.45) is 5.29. The molecule has 320 valence electrons. The highest BCUT2D eigenvalue weighted by atomic mass is 19.1. The largest absolute Gasteiger partial charge is 0.461 e. The number of amides is 2. The Morgan fingerprint density at radius 1 is 1.13 bits per heavy atom. The number of piperidine rings is 1. The van der Waals surface area contributed by atoms with Crippen molar-refractivity contribution >= 4 is 40.0 Å². The number of rotatable bonds is 12. The molecule has 4 aliphatic heterocycles. The normalized spacial score (nSPS) is 22.3. The maximum Gasteiger partial charge on any atom is 0.415 e. The molecule has 4 saturated heterocycles. The second kappa shape index (κ2) is 18.1. The number of carbonyl (C=O) groups is 2. The standard InChI is InChI=1S/C42H47F3N8O5.CH4O/c1-41(48-25-54)18-28(43)22-52(23-41)38-32-20-47-36(35(45)37(32)49-39(50-38)57-24-42-10-4-12-53(42)13-5-11-42)31-17-29(58-40(55)51-14-9-26(19-46)21-51)16-27-7-8-33(44)30(34(27)31)6-3-15-56-2;1-2/h7-8,16-17,20,25-26,28H,3-6,9-15,18,21-24H2,1-2H3,(H,48,54);2H,1H3. The van der Waals surface area contributed by atoms with Crippen LogP contribution in [-0.2, 0) is 16.0 Å². The Hall–Kier alpha value is -5.31. The fourth-order valence-corrected chi connectivity index (χ4v) is 9.49. The monoisotopic (exact) mass is 832 g/mol. The lowest BCUT2D eigenvalue weighted by Crippen LogP contribution is -2.58. The van der Waals surface area contributed by atoms with Gasteiger partial charge in [-0.05, 0) is 99.5 Å². The number of nitriles is 1. The Labute approximate surface area is 346 Å². The maximum atomic E-state index is 17.5. The number of aliphatic hydroxyl groups is 1. The summed E-state index contributed by atoms with van der Waals surface area (Å²) in [5, 5.41) is 20.2. The van der Waals surface area contributed by atoms with E-state index in [1.54, 1.807) is 31.1 Å². The van der Waals surface area contributed by atoms with Gasteiger partial charge in [0.2, 0.25) is 6.41 Å². The molecule has 2 amide bonds. The number of aliphatic hydroxyl groups excluding tert-OH is 1. The van der Waals surface area contributed by atoms with E-state index < -0.39 is 29.4 Å². The van der Waals surface area contributed by atoms with Crippen molar-refractivity contribution in [2.24, 2.45) is 5.92 Å². The quantitative estimate of drug-likeness (QED) is 0.132. The van der Waals surface area contributed by atoms with E-state index in [1.807, 2.05) is 0 Å². The first-order valence-corrected chi connectivity index (χ1v) is 20.4. The molecule has 2 N–H and O–H groups in total. The van der Waals surface area contributed by atoms with Crippen molar-refractivity contribution in [2.45, 2.75) is 75.5 Å². The van der Waals surface area contributed by atoms with Crippen LogP contribution in [0.1, 0.15) is 57.4 Å². The average Bonchev–Trinajstić information content (AvgIpc) is 3.98. The molecule has 60 heavy (non-hydrogen) atoms. The van der Waals surface area contributed by atoms with Crippen LogP contribution in [0, 0.1) is 28.9 Å². The first-order valence-electron chi connectivity index (χ1n) is 20.4. The van der Waals surface area contributed by atoms with Crippen LogP contribution in [0.3, 0.4) is 0 Å². The van der Waals surface area contributed by atoms with Crippen molar-refractivity contribution in [1.82, 2.24) is 30.1 Å². The van der Waals surface area contributed by atoms with Gasteiger partial charge >= 0.3 is 12.1 Å². The molecule has 0 aliphatic carbocycles. The van der Waals surface area contributed by atoms with E-state index >= 15 is 13.2 Å². The molecule has 3 atom stereocenters. The highest BCUT2D eigenvalue weighted by Gasteiger charge is 2.45. The molecule has 0 radical (unpaired) electrons. The SMILES string of the molecule is CO.COCCCc1c(F)ccc2cc(OC(=O)N3CCC(C#N)C3)cc(-c3ncc4c(N5CC(F)CC(C)(NC=O)C5)nc(OCC56CCCN5CCC6)nc4c3F)c12. The topological polar surface area (TPSA) is 166 Å². The number of pyridine rings is 1. The Bertz CT molecular complexity index is 2270. The van der Waals surface area contributed by atoms with Crippen molar-refractivity contribution < 1.29 is 42.1 Å². The lowest BCUT2D eigenvalue weighted by Gasteiger charge is -2.42. The minimum absolute atomic E-state index is 0.0724. The first-order chi connectivity index (χ1) is 29.0. The van der Waals surface area contributed by atoms with Crippen LogP contribution in [0.25, 0.3) is 32.9 Å². The number of aromatic nitrogens is 3. The molecule has 0 spiro atoms. The van der Waals surface area contributed by atoms with Crippen LogP contribution in [0.2, 0.25) is 0 Å². The van der Waals surface area contributed by atoms with Gasteiger partial charge in [-0.15, -0.1) is 0 Å². The molecule has 0 saturated carbocycles. The predicted molar refractivity (Wildman–Crippen MR) is 217 cm³/mol. The third-order valence-electron chi connectivity index (χ3n) is 12.3. The maximum absolute atomic E-state index is 17.5. The third kappa shape index (κ3) is 8.50. The van der Waals surface area contributed by atoms with E-state index in [-0.39, 0.29) is 83.7 Å². The van der Waals surface area contributed by atoms with Crippen molar-refractivity contribution in [3.05, 3.63) is 47.7 Å². The Morgan fingerprint density at radius 2 is 1.92 bits per heavy atom. The van der Waals surface area contributed by atoms with Gasteiger partial charge in [-0.3, -0.25) is 14.7 Å². The number of likely N-dealkylation sites (tertiary alicyclic amines) is 1. The van der Waals surface area contributed by atoms with Crippen LogP contribution in [0.15, 0.2) is 30.5 Å². The van der Waals surface area contributed by atoms with Gasteiger partial charge in [0.25, 0.3) is 0 Å². The Kier molecular flexibility index (Phi) is 12.9. The zero-order valence-electron chi connectivity index (χ0n) is 34.2. The molecule has 4 aromatic rings. The van der Waals surface area contributed by atoms with Gasteiger partial charge < -0.3 is 34.4 Å². The molecular formula is C43H51F3N8O6. The van der Waals surface area contributed by atoms with E-state index in [1.165, 1.54) is 23.2 Å². The summed E-state index contributed by atoms with van der Waals surface area (Å²) in [4.78, 5) is 44.4. The van der Waals surface area contributed by atoms with Crippen molar-refractivity contribution in [1.29, 1.82) is 5.26 Å². The van der Waals surface area contributed by atoms with Crippen LogP contribution in [0.4, 0.5) is 23.8 Å². The number of carbonyl (C=O) groups excluding carboxylic acids is 2. The number of hydrogen-bond donors (Lipinski definition) is 2. The second-order valence-corrected chi connectivity index (χ2v) is 16.3. The zero-order chi connectivity index (χ0) is 42.6. The van der Waals surface area contributed by atoms with E-state index in [9.17, 15) is 14.9 Å². The number of fused-ring (bicyclic) bond motifs is 3. The van der Waals surface area contributed by atoms with Crippen LogP contribution < -0.4 is 19.7 Å². The summed E-state index contributed by atoms with van der Waals surface area (Å²) in [6.45, 7) is 5.02. The van der Waals surface area contributed by atoms with Gasteiger partial charge in [0.1, 0.15) is 41.4 Å². The van der Waals surface area contributed by atoms with Crippen molar-refractivity contribution in [3.63, 3.8) is 0 Å². The molecule has 14 nitrogen and oxygen atoms in total. The number of nitrogens with zero attached hydrogens (tertiary/aromatic N) is 7. The number of anilines is 1. The minimum atomic E-state index is -1.34. The molecule has 2 aromatic heterocycles. The zero-order valence-corrected chi connectivity index (χ0v) is 34.2. The average molecular weight is 833 g/mol. The van der Waals surface area contributed by atoms with E-state index in [0.29, 0.717) is 55.3 Å². The number of methoxy groups -OCH3 is 1. The fourth-order valence-electron chi connectivity index (χ4n) is 9.49. The number of ether oxygens (including phenoxy) is 3. The lowest BCUT2D eigenvalue weighted by atomic mass is 9.90. The van der Waals surface area contributed by atoms with Gasteiger partial charge in [-0.1, -0.05) is 6.07 Å². The van der Waals surface area contributed by atoms with E-state index in [4.69, 9.17) is 24.3 Å². The van der Waals surface area contributed by atoms with Crippen molar-refractivity contribution in [3.8, 4) is 29.1 Å². The van der Waals surface area contributed by atoms with Crippen LogP contribution in [0.5, 0.6) is 11.8 Å². The molecule has 2 aromatic carbocycles. The van der Waals surface area contributed by atoms with E-state index in [0.717, 1.165) is 45.9 Å². The smallest absolute Gasteiger partial charge is 0.415 e. The molecule has 6 heterocycles. The molecule has 8 rings (SSSR count). The molecular weight excluding hydrogens is 782 g/mol. The van der Waals surface area contributed by atoms with Crippen molar-refractivity contribution in [2.75, 3.05) is 71.6 Å². The molecule has 17 heteroatoms. The molecule has 3 unspecified atom stereocenters. The highest BCUT2D eigenvalue weighted by molar-refractivity contribution is 6.02. The molecule has 4 fully saturated rings.